The standard InChI is InChI=1S/C25H30Cl2FN3O4S2/c1-13(29-22(32)34-24(2,3)4)18(28)21-17(27)19-20(37-21)15(11-16(26)30-19)31(12-14-9-8-10-36-14)23(33)35-25(5,6)7/h8-11,13,18H,12H2,1-7H3,(H,29,32)/t13-,18?/m0/s1. The average molecular weight is 591 g/mol. The van der Waals surface area contributed by atoms with Crippen LogP contribution >= 0.6 is 45.9 Å². The molecule has 2 amide bonds. The number of amides is 2. The fourth-order valence-electron chi connectivity index (χ4n) is 3.31. The summed E-state index contributed by atoms with van der Waals surface area (Å²) in [5.74, 6) is 0. The van der Waals surface area contributed by atoms with Crippen molar-refractivity contribution in [2.45, 2.75) is 78.4 Å². The molecule has 0 aliphatic rings. The maximum atomic E-state index is 15.6. The summed E-state index contributed by atoms with van der Waals surface area (Å²) in [6, 6.07) is 4.37. The summed E-state index contributed by atoms with van der Waals surface area (Å²) in [5, 5.41) is 4.57. The highest BCUT2D eigenvalue weighted by Crippen LogP contribution is 2.45. The Balaban J connectivity index is 2.03. The van der Waals surface area contributed by atoms with Crippen LogP contribution in [0.1, 0.15) is 64.4 Å². The zero-order valence-corrected chi connectivity index (χ0v) is 24.8. The highest BCUT2D eigenvalue weighted by molar-refractivity contribution is 7.20. The van der Waals surface area contributed by atoms with Crippen LogP contribution in [0, 0.1) is 0 Å². The van der Waals surface area contributed by atoms with Crippen molar-refractivity contribution in [1.29, 1.82) is 0 Å². The number of alkyl halides is 1. The van der Waals surface area contributed by atoms with Gasteiger partial charge in [0.05, 0.1) is 32.9 Å². The smallest absolute Gasteiger partial charge is 0.415 e. The van der Waals surface area contributed by atoms with Crippen LogP contribution in [0.3, 0.4) is 0 Å². The molecule has 2 atom stereocenters. The van der Waals surface area contributed by atoms with E-state index in [-0.39, 0.29) is 27.1 Å². The first-order valence-corrected chi connectivity index (χ1v) is 14.0. The van der Waals surface area contributed by atoms with Crippen molar-refractivity contribution in [3.8, 4) is 0 Å². The number of pyridine rings is 1. The van der Waals surface area contributed by atoms with Crippen molar-refractivity contribution in [3.63, 3.8) is 0 Å². The van der Waals surface area contributed by atoms with Gasteiger partial charge in [-0.15, -0.1) is 22.7 Å². The Labute approximate surface area is 233 Å². The fraction of sp³-hybridized carbons (Fsp3) is 0.480. The second-order valence-corrected chi connectivity index (χ2v) is 13.3. The topological polar surface area (TPSA) is 80.8 Å². The Morgan fingerprint density at radius 1 is 1.16 bits per heavy atom. The van der Waals surface area contributed by atoms with Gasteiger partial charge in [0, 0.05) is 10.9 Å². The SMILES string of the molecule is C[C@H](NC(=O)OC(C)(C)C)C(F)c1sc2c(N(Cc3cccs3)C(=O)OC(C)(C)C)cc(Cl)nc2c1Cl. The van der Waals surface area contributed by atoms with Gasteiger partial charge in [-0.1, -0.05) is 29.3 Å². The number of aromatic nitrogens is 1. The van der Waals surface area contributed by atoms with Crippen molar-refractivity contribution in [3.05, 3.63) is 43.5 Å². The minimum Gasteiger partial charge on any atom is -0.444 e. The molecule has 1 unspecified atom stereocenters. The lowest BCUT2D eigenvalue weighted by Gasteiger charge is -2.27. The molecule has 0 bridgehead atoms. The van der Waals surface area contributed by atoms with E-state index in [2.05, 4.69) is 10.3 Å². The van der Waals surface area contributed by atoms with E-state index in [1.54, 1.807) is 41.5 Å². The summed E-state index contributed by atoms with van der Waals surface area (Å²) in [5.41, 5.74) is -0.813. The zero-order chi connectivity index (χ0) is 27.7. The fourth-order valence-corrected chi connectivity index (χ4v) is 5.84. The third-order valence-corrected chi connectivity index (χ3v) is 7.60. The molecule has 12 heteroatoms. The van der Waals surface area contributed by atoms with Gasteiger partial charge in [0.1, 0.15) is 21.9 Å². The van der Waals surface area contributed by atoms with E-state index in [0.717, 1.165) is 16.2 Å². The predicted molar refractivity (Wildman–Crippen MR) is 149 cm³/mol. The molecule has 0 saturated carbocycles. The molecule has 7 nitrogen and oxygen atoms in total. The maximum Gasteiger partial charge on any atom is 0.415 e. The molecule has 0 radical (unpaired) electrons. The number of alkyl carbamates (subject to hydrolysis) is 1. The van der Waals surface area contributed by atoms with Crippen molar-refractivity contribution in [2.24, 2.45) is 0 Å². The van der Waals surface area contributed by atoms with Gasteiger partial charge < -0.3 is 14.8 Å². The zero-order valence-electron chi connectivity index (χ0n) is 21.6. The first kappa shape index (κ1) is 29.4. The third kappa shape index (κ3) is 7.69. The molecular weight excluding hydrogens is 560 g/mol. The normalized spacial score (nSPS) is 13.8. The number of rotatable bonds is 6. The number of nitrogens with zero attached hydrogens (tertiary/aromatic N) is 2. The molecule has 1 N–H and O–H groups in total. The number of anilines is 1. The van der Waals surface area contributed by atoms with Crippen LogP contribution in [0.4, 0.5) is 19.7 Å². The molecule has 3 aromatic heterocycles. The van der Waals surface area contributed by atoms with E-state index >= 15 is 4.39 Å². The van der Waals surface area contributed by atoms with Gasteiger partial charge in [0.25, 0.3) is 0 Å². The minimum atomic E-state index is -1.67. The molecule has 0 aromatic carbocycles. The number of nitrogens with one attached hydrogen (secondary N) is 1. The number of hydrogen-bond acceptors (Lipinski definition) is 7. The van der Waals surface area contributed by atoms with Gasteiger partial charge in [0.15, 0.2) is 6.17 Å². The highest BCUT2D eigenvalue weighted by atomic mass is 35.5. The Bertz CT molecular complexity index is 1270. The van der Waals surface area contributed by atoms with Crippen LogP contribution in [-0.4, -0.2) is 34.4 Å². The largest absolute Gasteiger partial charge is 0.444 e. The van der Waals surface area contributed by atoms with Gasteiger partial charge in [-0.2, -0.15) is 0 Å². The van der Waals surface area contributed by atoms with Crippen LogP contribution in [0.2, 0.25) is 10.2 Å². The number of carbonyl (C=O) groups is 2. The summed E-state index contributed by atoms with van der Waals surface area (Å²) in [4.78, 5) is 32.3. The van der Waals surface area contributed by atoms with Crippen LogP contribution in [0.5, 0.6) is 0 Å². The van der Waals surface area contributed by atoms with E-state index in [0.29, 0.717) is 10.4 Å². The number of fused-ring (bicyclic) bond motifs is 1. The second kappa shape index (κ2) is 11.3. The van der Waals surface area contributed by atoms with Crippen LogP contribution in [0.15, 0.2) is 23.6 Å². The predicted octanol–water partition coefficient (Wildman–Crippen LogP) is 8.53. The molecule has 0 saturated heterocycles. The molecule has 202 valence electrons. The van der Waals surface area contributed by atoms with Crippen molar-refractivity contribution in [2.75, 3.05) is 4.90 Å². The lowest BCUT2D eigenvalue weighted by atomic mass is 10.1. The number of halogens is 3. The monoisotopic (exact) mass is 589 g/mol. The summed E-state index contributed by atoms with van der Waals surface area (Å²) in [6.45, 7) is 12.2. The lowest BCUT2D eigenvalue weighted by Crippen LogP contribution is -2.39. The number of carbonyl (C=O) groups excluding carboxylic acids is 2. The molecule has 3 heterocycles. The van der Waals surface area contributed by atoms with E-state index in [9.17, 15) is 9.59 Å². The first-order chi connectivity index (χ1) is 17.1. The van der Waals surface area contributed by atoms with Gasteiger partial charge in [-0.05, 0) is 59.9 Å². The minimum absolute atomic E-state index is 0.0642. The molecule has 0 fully saturated rings. The molecule has 0 aliphatic heterocycles. The van der Waals surface area contributed by atoms with E-state index in [1.165, 1.54) is 29.2 Å². The lowest BCUT2D eigenvalue weighted by molar-refractivity contribution is 0.0480. The van der Waals surface area contributed by atoms with E-state index in [1.807, 2.05) is 17.5 Å². The van der Waals surface area contributed by atoms with Crippen molar-refractivity contribution >= 4 is 74.0 Å². The molecule has 3 aromatic rings. The molecule has 0 spiro atoms. The van der Waals surface area contributed by atoms with E-state index < -0.39 is 35.6 Å². The third-order valence-electron chi connectivity index (χ3n) is 4.79. The molecule has 0 aliphatic carbocycles. The summed E-state index contributed by atoms with van der Waals surface area (Å²) >= 11 is 15.5. The summed E-state index contributed by atoms with van der Waals surface area (Å²) in [6.07, 6.45) is -3.00. The molecule has 3 rings (SSSR count). The Hall–Kier alpha value is -2.14. The van der Waals surface area contributed by atoms with Crippen molar-refractivity contribution in [1.82, 2.24) is 10.3 Å². The second-order valence-electron chi connectivity index (χ2n) is 10.4. The quantitative estimate of drug-likeness (QED) is 0.291. The Morgan fingerprint density at radius 2 is 1.81 bits per heavy atom. The molecule has 37 heavy (non-hydrogen) atoms. The van der Waals surface area contributed by atoms with Gasteiger partial charge in [0.2, 0.25) is 0 Å². The van der Waals surface area contributed by atoms with Gasteiger partial charge in [-0.25, -0.2) is 19.0 Å². The molecular formula is C25H30Cl2FN3O4S2. The van der Waals surface area contributed by atoms with Crippen LogP contribution in [-0.2, 0) is 16.0 Å². The van der Waals surface area contributed by atoms with E-state index in [4.69, 9.17) is 32.7 Å². The summed E-state index contributed by atoms with van der Waals surface area (Å²) in [7, 11) is 0. The van der Waals surface area contributed by atoms with Gasteiger partial charge in [-0.3, -0.25) is 4.90 Å². The number of hydrogen-bond donors (Lipinski definition) is 1. The van der Waals surface area contributed by atoms with Crippen molar-refractivity contribution < 1.29 is 23.5 Å². The number of thiophene rings is 2. The van der Waals surface area contributed by atoms with Crippen LogP contribution < -0.4 is 10.2 Å². The average Bonchev–Trinajstić information content (AvgIpc) is 3.36. The summed E-state index contributed by atoms with van der Waals surface area (Å²) < 4.78 is 27.0. The van der Waals surface area contributed by atoms with Crippen LogP contribution in [0.25, 0.3) is 10.2 Å². The van der Waals surface area contributed by atoms with Gasteiger partial charge >= 0.3 is 12.2 Å². The first-order valence-electron chi connectivity index (χ1n) is 11.5. The Morgan fingerprint density at radius 3 is 2.38 bits per heavy atom. The highest BCUT2D eigenvalue weighted by Gasteiger charge is 2.32. The Kier molecular flexibility index (Phi) is 8.99. The number of ether oxygens (including phenoxy) is 2. The maximum absolute atomic E-state index is 15.6.